The number of methoxy groups -OCH3 is 1. The summed E-state index contributed by atoms with van der Waals surface area (Å²) in [5.74, 6) is -1.40. The molecule has 1 N–H and O–H groups in total. The number of nitrogens with one attached hydrogen (secondary N) is 1. The predicted molar refractivity (Wildman–Crippen MR) is 79.2 cm³/mol. The number of hydrogen-bond donors (Lipinski definition) is 1. The molecule has 5 nitrogen and oxygen atoms in total. The Morgan fingerprint density at radius 2 is 1.91 bits per heavy atom. The summed E-state index contributed by atoms with van der Waals surface area (Å²) in [6.07, 6.45) is 2.67. The van der Waals surface area contributed by atoms with Crippen molar-refractivity contribution in [2.45, 2.75) is 26.2 Å². The van der Waals surface area contributed by atoms with Crippen molar-refractivity contribution in [3.63, 3.8) is 0 Å². The fraction of sp³-hybridized carbons (Fsp3) is 0.529. The summed E-state index contributed by atoms with van der Waals surface area (Å²) in [4.78, 5) is 24.0. The standard InChI is InChI=1S/C17H21NO4/c1-9-7-12(22-2)5-6-13(9)18-16(19)14-10-3-4-11(8-10)15(14)17(20)21/h5-7,10-11,14-15H,3-4,8H2,1-2H3,(H,18,19)(H,20,21)/p-1/t10-,11-,14-,15-/m0/s1. The molecule has 1 aromatic rings. The Labute approximate surface area is 129 Å². The molecule has 3 rings (SSSR count). The number of fused-ring (bicyclic) bond motifs is 2. The third-order valence-corrected chi connectivity index (χ3v) is 5.18. The third-order valence-electron chi connectivity index (χ3n) is 5.18. The van der Waals surface area contributed by atoms with E-state index in [-0.39, 0.29) is 17.7 Å². The number of carbonyl (C=O) groups excluding carboxylic acids is 2. The van der Waals surface area contributed by atoms with E-state index in [9.17, 15) is 14.7 Å². The predicted octanol–water partition coefficient (Wildman–Crippen LogP) is 1.35. The molecule has 0 saturated heterocycles. The Balaban J connectivity index is 1.78. The molecule has 0 unspecified atom stereocenters. The first-order valence-corrected chi connectivity index (χ1v) is 7.67. The van der Waals surface area contributed by atoms with Gasteiger partial charge in [0.25, 0.3) is 0 Å². The van der Waals surface area contributed by atoms with Crippen LogP contribution in [0.3, 0.4) is 0 Å². The van der Waals surface area contributed by atoms with Gasteiger partial charge in [-0.25, -0.2) is 0 Å². The van der Waals surface area contributed by atoms with Crippen molar-refractivity contribution in [2.75, 3.05) is 12.4 Å². The van der Waals surface area contributed by atoms with E-state index in [1.807, 2.05) is 13.0 Å². The van der Waals surface area contributed by atoms with Gasteiger partial charge in [-0.1, -0.05) is 0 Å². The number of aryl methyl sites for hydroxylation is 1. The van der Waals surface area contributed by atoms with E-state index in [1.165, 1.54) is 0 Å². The largest absolute Gasteiger partial charge is 0.550 e. The van der Waals surface area contributed by atoms with Gasteiger partial charge in [0.05, 0.1) is 7.11 Å². The van der Waals surface area contributed by atoms with Gasteiger partial charge < -0.3 is 20.0 Å². The minimum absolute atomic E-state index is 0.0997. The number of anilines is 1. The summed E-state index contributed by atoms with van der Waals surface area (Å²) in [5.41, 5.74) is 1.59. The molecule has 2 saturated carbocycles. The van der Waals surface area contributed by atoms with E-state index in [4.69, 9.17) is 4.74 Å². The van der Waals surface area contributed by atoms with Gasteiger partial charge in [-0.05, 0) is 61.8 Å². The monoisotopic (exact) mass is 302 g/mol. The molecule has 0 aliphatic heterocycles. The number of benzene rings is 1. The van der Waals surface area contributed by atoms with Crippen molar-refractivity contribution >= 4 is 17.6 Å². The van der Waals surface area contributed by atoms with Crippen molar-refractivity contribution in [3.05, 3.63) is 23.8 Å². The fourth-order valence-corrected chi connectivity index (χ4v) is 4.13. The van der Waals surface area contributed by atoms with E-state index in [2.05, 4.69) is 5.32 Å². The number of aliphatic carboxylic acids is 1. The average Bonchev–Trinajstić information content (AvgIpc) is 3.09. The Morgan fingerprint density at radius 3 is 2.50 bits per heavy atom. The second kappa shape index (κ2) is 5.63. The molecule has 2 bridgehead atoms. The molecule has 22 heavy (non-hydrogen) atoms. The van der Waals surface area contributed by atoms with Crippen LogP contribution in [-0.2, 0) is 9.59 Å². The molecule has 2 aliphatic rings. The highest BCUT2D eigenvalue weighted by atomic mass is 16.5. The van der Waals surface area contributed by atoms with Crippen molar-refractivity contribution < 1.29 is 19.4 Å². The summed E-state index contributed by atoms with van der Waals surface area (Å²) in [7, 11) is 1.59. The third kappa shape index (κ3) is 2.45. The molecular formula is C17H20NO4-. The van der Waals surface area contributed by atoms with Crippen LogP contribution in [0, 0.1) is 30.6 Å². The minimum atomic E-state index is -1.08. The van der Waals surface area contributed by atoms with E-state index in [0.29, 0.717) is 5.69 Å². The zero-order chi connectivity index (χ0) is 15.9. The van der Waals surface area contributed by atoms with Crippen LogP contribution in [0.15, 0.2) is 18.2 Å². The molecule has 4 atom stereocenters. The number of carboxylic acids is 1. The van der Waals surface area contributed by atoms with Crippen LogP contribution in [0.25, 0.3) is 0 Å². The van der Waals surface area contributed by atoms with Gasteiger partial charge in [-0.15, -0.1) is 0 Å². The molecule has 0 heterocycles. The molecule has 2 fully saturated rings. The first-order valence-electron chi connectivity index (χ1n) is 7.67. The Kier molecular flexibility index (Phi) is 3.81. The van der Waals surface area contributed by atoms with Crippen LogP contribution in [0.2, 0.25) is 0 Å². The maximum absolute atomic E-state index is 12.6. The van der Waals surface area contributed by atoms with Gasteiger partial charge in [0.2, 0.25) is 5.91 Å². The molecule has 0 spiro atoms. The molecule has 5 heteroatoms. The Bertz CT molecular complexity index is 613. The van der Waals surface area contributed by atoms with Gasteiger partial charge in [0.15, 0.2) is 0 Å². The highest BCUT2D eigenvalue weighted by Crippen LogP contribution is 2.52. The van der Waals surface area contributed by atoms with Gasteiger partial charge in [-0.2, -0.15) is 0 Å². The summed E-state index contributed by atoms with van der Waals surface area (Å²) in [6.45, 7) is 1.88. The summed E-state index contributed by atoms with van der Waals surface area (Å²) in [5, 5.41) is 14.3. The number of carboxylic acid groups (broad SMARTS) is 1. The van der Waals surface area contributed by atoms with E-state index in [1.54, 1.807) is 19.2 Å². The SMILES string of the molecule is COc1ccc(NC(=O)[C@H]2[C@H]3CC[C@@H](C3)[C@@H]2C(=O)[O-])c(C)c1. The smallest absolute Gasteiger partial charge is 0.228 e. The molecule has 2 aliphatic carbocycles. The maximum atomic E-state index is 12.6. The number of amides is 1. The van der Waals surface area contributed by atoms with Crippen LogP contribution in [0.5, 0.6) is 5.75 Å². The van der Waals surface area contributed by atoms with Crippen LogP contribution in [0.1, 0.15) is 24.8 Å². The lowest BCUT2D eigenvalue weighted by atomic mass is 9.78. The average molecular weight is 302 g/mol. The molecule has 118 valence electrons. The topological polar surface area (TPSA) is 78.5 Å². The van der Waals surface area contributed by atoms with Gasteiger partial charge in [0, 0.05) is 23.5 Å². The second-order valence-electron chi connectivity index (χ2n) is 6.37. The zero-order valence-corrected chi connectivity index (χ0v) is 12.8. The molecule has 0 aromatic heterocycles. The van der Waals surface area contributed by atoms with Crippen LogP contribution >= 0.6 is 0 Å². The second-order valence-corrected chi connectivity index (χ2v) is 6.37. The Hall–Kier alpha value is -2.04. The van der Waals surface area contributed by atoms with E-state index < -0.39 is 17.8 Å². The van der Waals surface area contributed by atoms with Crippen molar-refractivity contribution in [3.8, 4) is 5.75 Å². The maximum Gasteiger partial charge on any atom is 0.228 e. The lowest BCUT2D eigenvalue weighted by Gasteiger charge is -2.30. The highest BCUT2D eigenvalue weighted by molar-refractivity contribution is 5.96. The van der Waals surface area contributed by atoms with Gasteiger partial charge in [-0.3, -0.25) is 4.79 Å². The van der Waals surface area contributed by atoms with Crippen molar-refractivity contribution in [1.82, 2.24) is 0 Å². The number of carbonyl (C=O) groups is 2. The first kappa shape index (κ1) is 14.9. The Morgan fingerprint density at radius 1 is 1.23 bits per heavy atom. The molecular weight excluding hydrogens is 282 g/mol. The fourth-order valence-electron chi connectivity index (χ4n) is 4.13. The zero-order valence-electron chi connectivity index (χ0n) is 12.8. The van der Waals surface area contributed by atoms with Crippen LogP contribution in [-0.4, -0.2) is 19.0 Å². The quantitative estimate of drug-likeness (QED) is 0.910. The molecule has 1 aromatic carbocycles. The van der Waals surface area contributed by atoms with Crippen molar-refractivity contribution in [1.29, 1.82) is 0 Å². The van der Waals surface area contributed by atoms with Gasteiger partial charge in [0.1, 0.15) is 5.75 Å². The van der Waals surface area contributed by atoms with Crippen LogP contribution in [0.4, 0.5) is 5.69 Å². The first-order chi connectivity index (χ1) is 10.5. The minimum Gasteiger partial charge on any atom is -0.550 e. The molecule has 0 radical (unpaired) electrons. The number of ether oxygens (including phenoxy) is 1. The normalized spacial score (nSPS) is 29.4. The molecule has 1 amide bonds. The summed E-state index contributed by atoms with van der Waals surface area (Å²) < 4.78 is 5.14. The number of rotatable bonds is 4. The lowest BCUT2D eigenvalue weighted by Crippen LogP contribution is -2.44. The van der Waals surface area contributed by atoms with Gasteiger partial charge >= 0.3 is 0 Å². The number of hydrogen-bond acceptors (Lipinski definition) is 4. The van der Waals surface area contributed by atoms with Crippen LogP contribution < -0.4 is 15.2 Å². The lowest BCUT2D eigenvalue weighted by molar-refractivity contribution is -0.314. The highest BCUT2D eigenvalue weighted by Gasteiger charge is 2.51. The summed E-state index contributed by atoms with van der Waals surface area (Å²) in [6, 6.07) is 5.40. The van der Waals surface area contributed by atoms with E-state index in [0.717, 1.165) is 30.6 Å². The van der Waals surface area contributed by atoms with Crippen molar-refractivity contribution in [2.24, 2.45) is 23.7 Å². The summed E-state index contributed by atoms with van der Waals surface area (Å²) >= 11 is 0. The van der Waals surface area contributed by atoms with E-state index >= 15 is 0 Å².